The number of ether oxygens (including phenoxy) is 2. The van der Waals surface area contributed by atoms with Crippen LogP contribution in [0.5, 0.6) is 11.5 Å². The molecule has 0 spiro atoms. The van der Waals surface area contributed by atoms with E-state index in [1.54, 1.807) is 0 Å². The summed E-state index contributed by atoms with van der Waals surface area (Å²) in [6.45, 7) is 6.39. The van der Waals surface area contributed by atoms with Gasteiger partial charge in [-0.1, -0.05) is 24.3 Å². The van der Waals surface area contributed by atoms with Crippen molar-refractivity contribution in [3.05, 3.63) is 64.8 Å². The van der Waals surface area contributed by atoms with E-state index >= 15 is 0 Å². The van der Waals surface area contributed by atoms with Crippen LogP contribution in [0.25, 0.3) is 22.6 Å². The first kappa shape index (κ1) is 23.0. The molecule has 36 heavy (non-hydrogen) atoms. The van der Waals surface area contributed by atoms with Crippen molar-refractivity contribution in [1.29, 1.82) is 0 Å². The number of amides is 1. The molecule has 0 unspecified atom stereocenters. The van der Waals surface area contributed by atoms with E-state index in [9.17, 15) is 4.79 Å². The monoisotopic (exact) mass is 484 g/mol. The molecule has 7 nitrogen and oxygen atoms in total. The minimum atomic E-state index is 0.00700. The van der Waals surface area contributed by atoms with Crippen LogP contribution >= 0.6 is 0 Å². The molecule has 3 aromatic rings. The van der Waals surface area contributed by atoms with Crippen molar-refractivity contribution < 1.29 is 14.3 Å². The van der Waals surface area contributed by atoms with Crippen molar-refractivity contribution in [2.75, 3.05) is 53.1 Å². The van der Waals surface area contributed by atoms with Gasteiger partial charge < -0.3 is 24.6 Å². The molecule has 0 saturated carbocycles. The molecule has 1 aliphatic carbocycles. The molecular weight excluding hydrogens is 452 g/mol. The lowest BCUT2D eigenvalue weighted by molar-refractivity contribution is 0.0950. The van der Waals surface area contributed by atoms with Crippen molar-refractivity contribution >= 4 is 28.5 Å². The first-order chi connectivity index (χ1) is 17.7. The molecule has 0 atom stereocenters. The predicted octanol–water partition coefficient (Wildman–Crippen LogP) is 3.82. The van der Waals surface area contributed by atoms with Crippen molar-refractivity contribution in [2.24, 2.45) is 0 Å². The average molecular weight is 485 g/mol. The molecule has 2 aromatic carbocycles. The van der Waals surface area contributed by atoms with Gasteiger partial charge in [-0.15, -0.1) is 0 Å². The highest BCUT2D eigenvalue weighted by molar-refractivity contribution is 6.09. The Bertz CT molecular complexity index is 1330. The number of aromatic nitrogens is 1. The number of nitrogens with one attached hydrogen (secondary N) is 1. The van der Waals surface area contributed by atoms with Crippen LogP contribution in [-0.4, -0.2) is 73.8 Å². The van der Waals surface area contributed by atoms with Crippen LogP contribution in [0.1, 0.15) is 40.0 Å². The summed E-state index contributed by atoms with van der Waals surface area (Å²) < 4.78 is 11.0. The van der Waals surface area contributed by atoms with Gasteiger partial charge in [-0.2, -0.15) is 0 Å². The minimum absolute atomic E-state index is 0.00700. The Morgan fingerprint density at radius 3 is 2.78 bits per heavy atom. The maximum Gasteiger partial charge on any atom is 0.252 e. The molecule has 3 aliphatic rings. The summed E-state index contributed by atoms with van der Waals surface area (Å²) in [6.07, 6.45) is 4.79. The molecule has 1 fully saturated rings. The van der Waals surface area contributed by atoms with Crippen molar-refractivity contribution in [3.63, 3.8) is 0 Å². The van der Waals surface area contributed by atoms with Crippen molar-refractivity contribution in [3.8, 4) is 11.5 Å². The SMILES string of the molecule is CN1CCN(CCCNC(=O)c2c3c(nc4ccccc24)C(=Cc2ccc4c(c2)OCO4)CC3)CC1. The Balaban J connectivity index is 1.23. The van der Waals surface area contributed by atoms with Gasteiger partial charge >= 0.3 is 0 Å². The number of hydrogen-bond acceptors (Lipinski definition) is 6. The average Bonchev–Trinajstić information content (AvgIpc) is 3.53. The summed E-state index contributed by atoms with van der Waals surface area (Å²) in [7, 11) is 2.17. The molecule has 1 aromatic heterocycles. The lowest BCUT2D eigenvalue weighted by Gasteiger charge is -2.32. The number of nitrogens with zero attached hydrogens (tertiary/aromatic N) is 3. The maximum absolute atomic E-state index is 13.5. The number of piperazine rings is 1. The zero-order chi connectivity index (χ0) is 24.5. The van der Waals surface area contributed by atoms with Crippen LogP contribution < -0.4 is 14.8 Å². The number of allylic oxidation sites excluding steroid dienone is 1. The third-order valence-corrected chi connectivity index (χ3v) is 7.44. The highest BCUT2D eigenvalue weighted by Gasteiger charge is 2.27. The van der Waals surface area contributed by atoms with Gasteiger partial charge in [0.05, 0.1) is 16.8 Å². The molecular formula is C29H32N4O3. The molecule has 1 N–H and O–H groups in total. The summed E-state index contributed by atoms with van der Waals surface area (Å²) in [6, 6.07) is 14.0. The largest absolute Gasteiger partial charge is 0.454 e. The van der Waals surface area contributed by atoms with Crippen LogP contribution in [0.2, 0.25) is 0 Å². The van der Waals surface area contributed by atoms with E-state index in [4.69, 9.17) is 14.5 Å². The van der Waals surface area contributed by atoms with Gasteiger partial charge in [0.2, 0.25) is 6.79 Å². The fraction of sp³-hybridized carbons (Fsp3) is 0.379. The lowest BCUT2D eigenvalue weighted by Crippen LogP contribution is -2.45. The fourth-order valence-corrected chi connectivity index (χ4v) is 5.41. The normalized spacial score (nSPS) is 18.6. The van der Waals surface area contributed by atoms with Gasteiger partial charge in [0, 0.05) is 38.1 Å². The van der Waals surface area contributed by atoms with Crippen LogP contribution in [-0.2, 0) is 6.42 Å². The second-order valence-corrected chi connectivity index (χ2v) is 9.87. The molecule has 186 valence electrons. The summed E-state index contributed by atoms with van der Waals surface area (Å²) in [5, 5.41) is 4.14. The highest BCUT2D eigenvalue weighted by atomic mass is 16.7. The number of rotatable bonds is 6. The maximum atomic E-state index is 13.5. The second-order valence-electron chi connectivity index (χ2n) is 9.87. The number of carbonyl (C=O) groups is 1. The van der Waals surface area contributed by atoms with Crippen molar-refractivity contribution in [1.82, 2.24) is 20.1 Å². The van der Waals surface area contributed by atoms with E-state index in [1.165, 1.54) is 0 Å². The summed E-state index contributed by atoms with van der Waals surface area (Å²) in [5.74, 6) is 1.55. The van der Waals surface area contributed by atoms with Gasteiger partial charge in [0.1, 0.15) is 0 Å². The van der Waals surface area contributed by atoms with Crippen LogP contribution in [0.4, 0.5) is 0 Å². The Labute approximate surface area is 211 Å². The van der Waals surface area contributed by atoms with Crippen LogP contribution in [0.15, 0.2) is 42.5 Å². The van der Waals surface area contributed by atoms with E-state index < -0.39 is 0 Å². The number of hydrogen-bond donors (Lipinski definition) is 1. The topological polar surface area (TPSA) is 66.9 Å². The predicted molar refractivity (Wildman–Crippen MR) is 141 cm³/mol. The lowest BCUT2D eigenvalue weighted by atomic mass is 10.00. The third kappa shape index (κ3) is 4.56. The Kier molecular flexibility index (Phi) is 6.34. The number of para-hydroxylation sites is 1. The molecule has 6 rings (SSSR count). The standard InChI is InChI=1S/C29H32N4O3/c1-32-13-15-33(16-14-32)12-4-11-30-29(34)27-22-5-2-3-6-24(22)31-28-21(8-9-23(27)28)17-20-7-10-25-26(18-20)36-19-35-25/h2-3,5-7,10,17-18H,4,8-9,11-16,19H2,1H3,(H,30,34). The van der Waals surface area contributed by atoms with Gasteiger partial charge in [-0.05, 0) is 73.8 Å². The Morgan fingerprint density at radius 2 is 1.89 bits per heavy atom. The van der Waals surface area contributed by atoms with E-state index in [2.05, 4.69) is 28.2 Å². The van der Waals surface area contributed by atoms with E-state index in [1.807, 2.05) is 42.5 Å². The zero-order valence-corrected chi connectivity index (χ0v) is 20.8. The number of carbonyl (C=O) groups excluding carboxylic acids is 1. The van der Waals surface area contributed by atoms with Crippen molar-refractivity contribution in [2.45, 2.75) is 19.3 Å². The fourth-order valence-electron chi connectivity index (χ4n) is 5.41. The quantitative estimate of drug-likeness (QED) is 0.537. The molecule has 2 aliphatic heterocycles. The van der Waals surface area contributed by atoms with Gasteiger partial charge in [-0.25, -0.2) is 4.98 Å². The van der Waals surface area contributed by atoms with Crippen LogP contribution in [0.3, 0.4) is 0 Å². The number of benzene rings is 2. The van der Waals surface area contributed by atoms with Crippen LogP contribution in [0, 0.1) is 0 Å². The summed E-state index contributed by atoms with van der Waals surface area (Å²) in [4.78, 5) is 23.3. The second kappa shape index (κ2) is 9.91. The Morgan fingerprint density at radius 1 is 1.06 bits per heavy atom. The van der Waals surface area contributed by atoms with E-state index in [0.29, 0.717) is 6.54 Å². The number of pyridine rings is 1. The third-order valence-electron chi connectivity index (χ3n) is 7.44. The molecule has 1 amide bonds. The molecule has 0 bridgehead atoms. The van der Waals surface area contributed by atoms with E-state index in [-0.39, 0.29) is 12.7 Å². The van der Waals surface area contributed by atoms with Gasteiger partial charge in [0.25, 0.3) is 5.91 Å². The number of likely N-dealkylation sites (N-methyl/N-ethyl adjacent to an activating group) is 1. The van der Waals surface area contributed by atoms with E-state index in [0.717, 1.165) is 102 Å². The van der Waals surface area contributed by atoms with Gasteiger partial charge in [0.15, 0.2) is 11.5 Å². The summed E-state index contributed by atoms with van der Waals surface area (Å²) in [5.41, 5.74) is 5.83. The Hall–Kier alpha value is -3.42. The minimum Gasteiger partial charge on any atom is -0.454 e. The molecule has 0 radical (unpaired) electrons. The number of fused-ring (bicyclic) bond motifs is 3. The molecule has 7 heteroatoms. The zero-order valence-electron chi connectivity index (χ0n) is 20.8. The molecule has 3 heterocycles. The summed E-state index contributed by atoms with van der Waals surface area (Å²) >= 11 is 0. The first-order valence-corrected chi connectivity index (χ1v) is 12.9. The molecule has 1 saturated heterocycles. The highest BCUT2D eigenvalue weighted by Crippen LogP contribution is 2.39. The first-order valence-electron chi connectivity index (χ1n) is 12.9. The smallest absolute Gasteiger partial charge is 0.252 e. The van der Waals surface area contributed by atoms with Gasteiger partial charge in [-0.3, -0.25) is 4.79 Å².